The van der Waals surface area contributed by atoms with Crippen LogP contribution in [0.4, 0.5) is 0 Å². The average molecular weight is 273 g/mol. The minimum atomic E-state index is 0.0675. The first-order valence-electron chi connectivity index (χ1n) is 6.48. The van der Waals surface area contributed by atoms with E-state index in [1.54, 1.807) is 6.07 Å². The van der Waals surface area contributed by atoms with Gasteiger partial charge in [0.1, 0.15) is 0 Å². The van der Waals surface area contributed by atoms with E-state index in [4.69, 9.17) is 11.6 Å². The van der Waals surface area contributed by atoms with Crippen LogP contribution in [-0.4, -0.2) is 5.78 Å². The Kier molecular flexibility index (Phi) is 4.39. The van der Waals surface area contributed by atoms with E-state index >= 15 is 0 Å². The summed E-state index contributed by atoms with van der Waals surface area (Å²) >= 11 is 6.18. The van der Waals surface area contributed by atoms with Crippen molar-refractivity contribution in [3.63, 3.8) is 0 Å². The van der Waals surface area contributed by atoms with E-state index in [-0.39, 0.29) is 5.78 Å². The van der Waals surface area contributed by atoms with E-state index < -0.39 is 0 Å². The molecule has 2 rings (SSSR count). The standard InChI is InChI=1S/C17H17ClO/c1-3-13-7-9-14(10-8-13)11-16(19)15-6-4-5-12(2)17(15)18/h4-10H,3,11H2,1-2H3. The molecule has 0 fully saturated rings. The number of benzene rings is 2. The van der Waals surface area contributed by atoms with Gasteiger partial charge in [0.2, 0.25) is 0 Å². The molecule has 0 aliphatic rings. The van der Waals surface area contributed by atoms with Crippen LogP contribution in [-0.2, 0) is 12.8 Å². The highest BCUT2D eigenvalue weighted by molar-refractivity contribution is 6.34. The number of hydrogen-bond acceptors (Lipinski definition) is 1. The molecule has 1 nitrogen and oxygen atoms in total. The van der Waals surface area contributed by atoms with E-state index in [1.807, 2.05) is 31.2 Å². The van der Waals surface area contributed by atoms with E-state index in [0.717, 1.165) is 17.5 Å². The molecule has 0 spiro atoms. The molecule has 0 bridgehead atoms. The minimum absolute atomic E-state index is 0.0675. The lowest BCUT2D eigenvalue weighted by atomic mass is 10.0. The zero-order chi connectivity index (χ0) is 13.8. The second-order valence-electron chi connectivity index (χ2n) is 4.71. The number of carbonyl (C=O) groups excluding carboxylic acids is 1. The van der Waals surface area contributed by atoms with Gasteiger partial charge in [-0.1, -0.05) is 54.9 Å². The Labute approximate surface area is 119 Å². The molecule has 0 N–H and O–H groups in total. The third kappa shape index (κ3) is 3.24. The van der Waals surface area contributed by atoms with Gasteiger partial charge in [0.05, 0.1) is 5.02 Å². The summed E-state index contributed by atoms with van der Waals surface area (Å²) < 4.78 is 0. The highest BCUT2D eigenvalue weighted by atomic mass is 35.5. The van der Waals surface area contributed by atoms with Crippen LogP contribution in [0.2, 0.25) is 5.02 Å². The third-order valence-electron chi connectivity index (χ3n) is 3.29. The molecule has 0 atom stereocenters. The van der Waals surface area contributed by atoms with Crippen molar-refractivity contribution in [2.75, 3.05) is 0 Å². The summed E-state index contributed by atoms with van der Waals surface area (Å²) in [6, 6.07) is 13.7. The molecule has 2 aromatic rings. The first-order valence-corrected chi connectivity index (χ1v) is 6.85. The van der Waals surface area contributed by atoms with Crippen LogP contribution in [0, 0.1) is 6.92 Å². The van der Waals surface area contributed by atoms with Gasteiger partial charge in [-0.2, -0.15) is 0 Å². The number of hydrogen-bond donors (Lipinski definition) is 0. The van der Waals surface area contributed by atoms with Gasteiger partial charge < -0.3 is 0 Å². The lowest BCUT2D eigenvalue weighted by Crippen LogP contribution is -2.05. The summed E-state index contributed by atoms with van der Waals surface area (Å²) in [5.74, 6) is 0.0675. The van der Waals surface area contributed by atoms with Gasteiger partial charge in [-0.3, -0.25) is 4.79 Å². The second kappa shape index (κ2) is 6.03. The van der Waals surface area contributed by atoms with Gasteiger partial charge in [-0.15, -0.1) is 0 Å². The second-order valence-corrected chi connectivity index (χ2v) is 5.08. The molecular formula is C17H17ClO. The molecule has 19 heavy (non-hydrogen) atoms. The molecular weight excluding hydrogens is 256 g/mol. The SMILES string of the molecule is CCc1ccc(CC(=O)c2cccc(C)c2Cl)cc1. The van der Waals surface area contributed by atoms with Crippen LogP contribution in [0.3, 0.4) is 0 Å². The Hall–Kier alpha value is -1.60. The fraction of sp³-hybridized carbons (Fsp3) is 0.235. The highest BCUT2D eigenvalue weighted by Gasteiger charge is 2.12. The summed E-state index contributed by atoms with van der Waals surface area (Å²) in [4.78, 5) is 12.3. The van der Waals surface area contributed by atoms with Crippen molar-refractivity contribution in [2.45, 2.75) is 26.7 Å². The van der Waals surface area contributed by atoms with Crippen molar-refractivity contribution < 1.29 is 4.79 Å². The van der Waals surface area contributed by atoms with Gasteiger partial charge in [0, 0.05) is 12.0 Å². The quantitative estimate of drug-likeness (QED) is 0.741. The van der Waals surface area contributed by atoms with E-state index in [9.17, 15) is 4.79 Å². The maximum atomic E-state index is 12.3. The zero-order valence-electron chi connectivity index (χ0n) is 11.2. The van der Waals surface area contributed by atoms with Gasteiger partial charge in [0.15, 0.2) is 5.78 Å². The van der Waals surface area contributed by atoms with Gasteiger partial charge >= 0.3 is 0 Å². The molecule has 0 radical (unpaired) electrons. The summed E-state index contributed by atoms with van der Waals surface area (Å²) in [6.07, 6.45) is 1.41. The van der Waals surface area contributed by atoms with Crippen molar-refractivity contribution in [3.05, 3.63) is 69.7 Å². The maximum absolute atomic E-state index is 12.3. The topological polar surface area (TPSA) is 17.1 Å². The van der Waals surface area contributed by atoms with Crippen LogP contribution >= 0.6 is 11.6 Å². The first kappa shape index (κ1) is 13.8. The predicted molar refractivity (Wildman–Crippen MR) is 80.0 cm³/mol. The average Bonchev–Trinajstić information content (AvgIpc) is 2.42. The largest absolute Gasteiger partial charge is 0.294 e. The summed E-state index contributed by atoms with van der Waals surface area (Å²) in [7, 11) is 0. The van der Waals surface area contributed by atoms with Crippen LogP contribution in [0.5, 0.6) is 0 Å². The van der Waals surface area contributed by atoms with Crippen LogP contribution in [0.1, 0.15) is 34.0 Å². The monoisotopic (exact) mass is 272 g/mol. The lowest BCUT2D eigenvalue weighted by Gasteiger charge is -2.06. The Morgan fingerprint density at radius 1 is 1.05 bits per heavy atom. The van der Waals surface area contributed by atoms with Crippen LogP contribution in [0.15, 0.2) is 42.5 Å². The normalized spacial score (nSPS) is 10.5. The molecule has 98 valence electrons. The van der Waals surface area contributed by atoms with E-state index in [0.29, 0.717) is 17.0 Å². The molecule has 0 aromatic heterocycles. The van der Waals surface area contributed by atoms with Crippen molar-refractivity contribution in [1.29, 1.82) is 0 Å². The molecule has 2 heteroatoms. The minimum Gasteiger partial charge on any atom is -0.294 e. The number of Topliss-reactive ketones (excluding diaryl/α,β-unsaturated/α-hetero) is 1. The first-order chi connectivity index (χ1) is 9.11. The number of carbonyl (C=O) groups is 1. The smallest absolute Gasteiger partial charge is 0.168 e. The van der Waals surface area contributed by atoms with Crippen molar-refractivity contribution in [2.24, 2.45) is 0 Å². The fourth-order valence-corrected chi connectivity index (χ4v) is 2.27. The summed E-state index contributed by atoms with van der Waals surface area (Å²) in [5.41, 5.74) is 3.86. The Balaban J connectivity index is 2.18. The molecule has 0 saturated carbocycles. The molecule has 0 heterocycles. The van der Waals surface area contributed by atoms with Crippen LogP contribution in [0.25, 0.3) is 0 Å². The summed E-state index contributed by atoms with van der Waals surface area (Å²) in [5, 5.41) is 0.567. The Bertz CT molecular complexity index is 585. The lowest BCUT2D eigenvalue weighted by molar-refractivity contribution is 0.0993. The Morgan fingerprint density at radius 2 is 1.68 bits per heavy atom. The number of aryl methyl sites for hydroxylation is 2. The number of ketones is 1. The van der Waals surface area contributed by atoms with Crippen molar-refractivity contribution in [1.82, 2.24) is 0 Å². The fourth-order valence-electron chi connectivity index (χ4n) is 2.04. The third-order valence-corrected chi connectivity index (χ3v) is 3.79. The zero-order valence-corrected chi connectivity index (χ0v) is 12.0. The van der Waals surface area contributed by atoms with E-state index in [2.05, 4.69) is 19.1 Å². The molecule has 0 aliphatic heterocycles. The van der Waals surface area contributed by atoms with Crippen molar-refractivity contribution >= 4 is 17.4 Å². The summed E-state index contributed by atoms with van der Waals surface area (Å²) in [6.45, 7) is 4.03. The molecule has 2 aromatic carbocycles. The van der Waals surface area contributed by atoms with Crippen LogP contribution < -0.4 is 0 Å². The number of rotatable bonds is 4. The van der Waals surface area contributed by atoms with Crippen molar-refractivity contribution in [3.8, 4) is 0 Å². The molecule has 0 unspecified atom stereocenters. The molecule has 0 amide bonds. The highest BCUT2D eigenvalue weighted by Crippen LogP contribution is 2.22. The van der Waals surface area contributed by atoms with Gasteiger partial charge in [-0.25, -0.2) is 0 Å². The molecule has 0 saturated heterocycles. The molecule has 0 aliphatic carbocycles. The maximum Gasteiger partial charge on any atom is 0.168 e. The van der Waals surface area contributed by atoms with E-state index in [1.165, 1.54) is 5.56 Å². The number of halogens is 1. The Morgan fingerprint density at radius 3 is 2.32 bits per heavy atom. The van der Waals surface area contributed by atoms with Gasteiger partial charge in [-0.05, 0) is 36.1 Å². The predicted octanol–water partition coefficient (Wildman–Crippen LogP) is 4.64. The van der Waals surface area contributed by atoms with Gasteiger partial charge in [0.25, 0.3) is 0 Å².